The highest BCUT2D eigenvalue weighted by atomic mass is 19.4. The summed E-state index contributed by atoms with van der Waals surface area (Å²) < 4.78 is 36.1. The minimum absolute atomic E-state index is 0.0695. The normalized spacial score (nSPS) is 31.8. The summed E-state index contributed by atoms with van der Waals surface area (Å²) in [6.07, 6.45) is -1.83. The topological polar surface area (TPSA) is 0 Å². The molecule has 0 aliphatic heterocycles. The lowest BCUT2D eigenvalue weighted by Gasteiger charge is -2.08. The van der Waals surface area contributed by atoms with E-state index in [2.05, 4.69) is 0 Å². The molecule has 1 rings (SSSR count). The molecule has 0 aromatic carbocycles. The summed E-state index contributed by atoms with van der Waals surface area (Å²) in [6.45, 7) is 4.04. The van der Waals surface area contributed by atoms with E-state index in [1.165, 1.54) is 0 Å². The molecule has 1 aliphatic carbocycles. The van der Waals surface area contributed by atoms with Crippen molar-refractivity contribution < 1.29 is 13.2 Å². The number of halogens is 3. The van der Waals surface area contributed by atoms with E-state index in [9.17, 15) is 13.2 Å². The monoisotopic (exact) mass is 180 g/mol. The molecule has 3 heteroatoms. The smallest absolute Gasteiger partial charge is 0.171 e. The van der Waals surface area contributed by atoms with Gasteiger partial charge in [-0.1, -0.05) is 20.3 Å². The number of hydrogen-bond acceptors (Lipinski definition) is 0. The Balaban J connectivity index is 2.25. The Hall–Kier alpha value is -0.210. The molecule has 0 radical (unpaired) electrons. The molecular formula is C9H15F3. The van der Waals surface area contributed by atoms with E-state index >= 15 is 0 Å². The average Bonchev–Trinajstić information content (AvgIpc) is 2.66. The molecule has 0 spiro atoms. The number of rotatable bonds is 3. The summed E-state index contributed by atoms with van der Waals surface area (Å²) in [5.74, 6) is -0.603. The van der Waals surface area contributed by atoms with E-state index in [1.54, 1.807) is 0 Å². The van der Waals surface area contributed by atoms with Gasteiger partial charge in [-0.2, -0.15) is 13.2 Å². The predicted molar refractivity (Wildman–Crippen MR) is 41.7 cm³/mol. The van der Waals surface area contributed by atoms with Crippen LogP contribution in [0.5, 0.6) is 0 Å². The van der Waals surface area contributed by atoms with Gasteiger partial charge in [0.05, 0.1) is 5.92 Å². The van der Waals surface area contributed by atoms with Crippen LogP contribution in [0.2, 0.25) is 0 Å². The van der Waals surface area contributed by atoms with Gasteiger partial charge in [-0.05, 0) is 24.7 Å². The van der Waals surface area contributed by atoms with Gasteiger partial charge in [0.25, 0.3) is 0 Å². The minimum atomic E-state index is -3.93. The fourth-order valence-electron chi connectivity index (χ4n) is 1.59. The lowest BCUT2D eigenvalue weighted by Crippen LogP contribution is -2.12. The lowest BCUT2D eigenvalue weighted by atomic mass is 10.0. The second kappa shape index (κ2) is 3.27. The van der Waals surface area contributed by atoms with Crippen LogP contribution in [0.4, 0.5) is 13.2 Å². The molecular weight excluding hydrogens is 165 g/mol. The molecule has 0 N–H and O–H groups in total. The van der Waals surface area contributed by atoms with Crippen molar-refractivity contribution in [3.8, 4) is 0 Å². The maximum absolute atomic E-state index is 12.0. The summed E-state index contributed by atoms with van der Waals surface area (Å²) >= 11 is 0. The second-order valence-electron chi connectivity index (χ2n) is 3.89. The van der Waals surface area contributed by atoms with Gasteiger partial charge in [0.2, 0.25) is 0 Å². The second-order valence-corrected chi connectivity index (χ2v) is 3.89. The molecule has 0 heterocycles. The molecule has 1 fully saturated rings. The van der Waals surface area contributed by atoms with E-state index in [0.29, 0.717) is 12.3 Å². The van der Waals surface area contributed by atoms with Crippen LogP contribution in [0.1, 0.15) is 33.1 Å². The maximum atomic E-state index is 12.0. The van der Waals surface area contributed by atoms with Crippen LogP contribution in [0.15, 0.2) is 0 Å². The lowest BCUT2D eigenvalue weighted by molar-refractivity contribution is -0.151. The summed E-state index contributed by atoms with van der Waals surface area (Å²) in [7, 11) is 0. The van der Waals surface area contributed by atoms with Crippen molar-refractivity contribution in [3.05, 3.63) is 0 Å². The first-order valence-corrected chi connectivity index (χ1v) is 4.51. The molecule has 1 aliphatic rings. The summed E-state index contributed by atoms with van der Waals surface area (Å²) in [5.41, 5.74) is 0. The largest absolute Gasteiger partial charge is 0.392 e. The highest BCUT2D eigenvalue weighted by Crippen LogP contribution is 2.52. The van der Waals surface area contributed by atoms with Crippen molar-refractivity contribution in [1.82, 2.24) is 0 Å². The van der Waals surface area contributed by atoms with Crippen molar-refractivity contribution in [2.24, 2.45) is 17.8 Å². The highest BCUT2D eigenvalue weighted by Gasteiger charge is 2.55. The Labute approximate surface area is 71.1 Å². The number of alkyl halides is 3. The molecule has 2 unspecified atom stereocenters. The van der Waals surface area contributed by atoms with Gasteiger partial charge >= 0.3 is 6.18 Å². The fourth-order valence-corrected chi connectivity index (χ4v) is 1.59. The Morgan fingerprint density at radius 1 is 1.42 bits per heavy atom. The maximum Gasteiger partial charge on any atom is 0.392 e. The quantitative estimate of drug-likeness (QED) is 0.622. The summed E-state index contributed by atoms with van der Waals surface area (Å²) in [4.78, 5) is 0. The van der Waals surface area contributed by atoms with E-state index in [-0.39, 0.29) is 5.92 Å². The molecule has 3 atom stereocenters. The third kappa shape index (κ3) is 2.39. The van der Waals surface area contributed by atoms with Crippen molar-refractivity contribution in [2.45, 2.75) is 39.3 Å². The first-order chi connectivity index (χ1) is 5.45. The van der Waals surface area contributed by atoms with Gasteiger partial charge in [0.15, 0.2) is 0 Å². The molecule has 0 amide bonds. The zero-order chi connectivity index (χ0) is 9.35. The molecule has 0 saturated heterocycles. The van der Waals surface area contributed by atoms with Crippen molar-refractivity contribution in [1.29, 1.82) is 0 Å². The van der Waals surface area contributed by atoms with Gasteiger partial charge in [-0.15, -0.1) is 0 Å². The van der Waals surface area contributed by atoms with E-state index in [0.717, 1.165) is 12.8 Å². The van der Waals surface area contributed by atoms with Crippen molar-refractivity contribution in [2.75, 3.05) is 0 Å². The van der Waals surface area contributed by atoms with Gasteiger partial charge in [0, 0.05) is 0 Å². The standard InChI is InChI=1S/C9H15F3/c1-3-6(2)4-7-5-8(7)9(10,11)12/h6-8H,3-5H2,1-2H3/t6-,7?,8?/m0/s1. The van der Waals surface area contributed by atoms with E-state index in [1.807, 2.05) is 13.8 Å². The van der Waals surface area contributed by atoms with Gasteiger partial charge in [-0.25, -0.2) is 0 Å². The molecule has 0 nitrogen and oxygen atoms in total. The Kier molecular flexibility index (Phi) is 2.69. The van der Waals surface area contributed by atoms with Crippen LogP contribution in [0.25, 0.3) is 0 Å². The van der Waals surface area contributed by atoms with Crippen LogP contribution in [-0.2, 0) is 0 Å². The molecule has 0 aromatic rings. The average molecular weight is 180 g/mol. The van der Waals surface area contributed by atoms with Gasteiger partial charge in [-0.3, -0.25) is 0 Å². The summed E-state index contributed by atoms with van der Waals surface area (Å²) in [5, 5.41) is 0. The Morgan fingerprint density at radius 3 is 2.33 bits per heavy atom. The first-order valence-electron chi connectivity index (χ1n) is 4.51. The fraction of sp³-hybridized carbons (Fsp3) is 1.00. The van der Waals surface area contributed by atoms with Gasteiger partial charge < -0.3 is 0 Å². The number of hydrogen-bond donors (Lipinski definition) is 0. The Morgan fingerprint density at radius 2 is 2.00 bits per heavy atom. The predicted octanol–water partition coefficient (Wildman–Crippen LogP) is 3.62. The van der Waals surface area contributed by atoms with Crippen molar-refractivity contribution >= 4 is 0 Å². The van der Waals surface area contributed by atoms with Crippen molar-refractivity contribution in [3.63, 3.8) is 0 Å². The zero-order valence-corrected chi connectivity index (χ0v) is 7.49. The molecule has 1 saturated carbocycles. The van der Waals surface area contributed by atoms with Crippen LogP contribution in [0, 0.1) is 17.8 Å². The summed E-state index contributed by atoms with van der Waals surface area (Å²) in [6, 6.07) is 0. The molecule has 12 heavy (non-hydrogen) atoms. The molecule has 72 valence electrons. The van der Waals surface area contributed by atoms with Crippen LogP contribution >= 0.6 is 0 Å². The molecule has 0 aromatic heterocycles. The highest BCUT2D eigenvalue weighted by molar-refractivity contribution is 4.91. The van der Waals surface area contributed by atoms with Crippen LogP contribution < -0.4 is 0 Å². The minimum Gasteiger partial charge on any atom is -0.171 e. The van der Waals surface area contributed by atoms with E-state index < -0.39 is 12.1 Å². The zero-order valence-electron chi connectivity index (χ0n) is 7.49. The van der Waals surface area contributed by atoms with Gasteiger partial charge in [0.1, 0.15) is 0 Å². The van der Waals surface area contributed by atoms with E-state index in [4.69, 9.17) is 0 Å². The molecule has 0 bridgehead atoms. The van der Waals surface area contributed by atoms with Crippen LogP contribution in [0.3, 0.4) is 0 Å². The SMILES string of the molecule is CC[C@H](C)CC1CC1C(F)(F)F. The third-order valence-corrected chi connectivity index (χ3v) is 2.75. The third-order valence-electron chi connectivity index (χ3n) is 2.75. The Bertz CT molecular complexity index is 150. The first kappa shape index (κ1) is 9.87. The van der Waals surface area contributed by atoms with Crippen LogP contribution in [-0.4, -0.2) is 6.18 Å².